The average molecular weight is 555 g/mol. The van der Waals surface area contributed by atoms with Crippen LogP contribution in [-0.4, -0.2) is 52.1 Å². The summed E-state index contributed by atoms with van der Waals surface area (Å²) in [6, 6.07) is 20.9. The quantitative estimate of drug-likeness (QED) is 0.183. The van der Waals surface area contributed by atoms with E-state index < -0.39 is 0 Å². The van der Waals surface area contributed by atoms with E-state index in [2.05, 4.69) is 41.7 Å². The molecule has 2 N–H and O–H groups in total. The minimum absolute atomic E-state index is 0.130. The largest absolute Gasteiger partial charge is 0.393 e. The van der Waals surface area contributed by atoms with Crippen molar-refractivity contribution in [3.63, 3.8) is 0 Å². The number of imide groups is 1. The predicted octanol–water partition coefficient (Wildman–Crippen LogP) is 5.30. The molecule has 2 aromatic heterocycles. The second-order valence-electron chi connectivity index (χ2n) is 11.2. The third-order valence-electron chi connectivity index (χ3n) is 8.36. The van der Waals surface area contributed by atoms with Crippen LogP contribution >= 0.6 is 11.3 Å². The van der Waals surface area contributed by atoms with Crippen LogP contribution in [-0.2, 0) is 16.0 Å². The Morgan fingerprint density at radius 2 is 1.68 bits per heavy atom. The van der Waals surface area contributed by atoms with Gasteiger partial charge in [0.2, 0.25) is 23.6 Å². The summed E-state index contributed by atoms with van der Waals surface area (Å²) >= 11 is 1.70. The number of hydrogen-bond acceptors (Lipinski definition) is 7. The lowest BCUT2D eigenvalue weighted by atomic mass is 9.93. The van der Waals surface area contributed by atoms with Crippen LogP contribution in [0.15, 0.2) is 60.7 Å². The molecule has 2 saturated heterocycles. The topological polar surface area (TPSA) is 95.4 Å². The Morgan fingerprint density at radius 1 is 0.925 bits per heavy atom. The maximum absolute atomic E-state index is 12.3. The molecule has 0 radical (unpaired) electrons. The van der Waals surface area contributed by atoms with E-state index in [-0.39, 0.29) is 36.8 Å². The Hall–Kier alpha value is -3.66. The van der Waals surface area contributed by atoms with Gasteiger partial charge in [0.25, 0.3) is 0 Å². The number of thiophene rings is 1. The Morgan fingerprint density at radius 3 is 2.40 bits per heavy atom. The first-order chi connectivity index (χ1) is 19.5. The van der Waals surface area contributed by atoms with Gasteiger partial charge in [0.1, 0.15) is 13.1 Å². The zero-order valence-electron chi connectivity index (χ0n) is 22.3. The summed E-state index contributed by atoms with van der Waals surface area (Å²) in [5.74, 6) is 1.38. The van der Waals surface area contributed by atoms with Crippen molar-refractivity contribution in [2.24, 2.45) is 0 Å². The maximum atomic E-state index is 12.3. The highest BCUT2D eigenvalue weighted by molar-refractivity contribution is 7.22. The average Bonchev–Trinajstić information content (AvgIpc) is 3.55. The summed E-state index contributed by atoms with van der Waals surface area (Å²) in [4.78, 5) is 35.9. The molecular formula is C31H32N5O3S+. The highest BCUT2D eigenvalue weighted by atomic mass is 32.1. The lowest BCUT2D eigenvalue weighted by molar-refractivity contribution is -0.121. The van der Waals surface area contributed by atoms with Gasteiger partial charge in [-0.15, -0.1) is 0 Å². The summed E-state index contributed by atoms with van der Waals surface area (Å²) in [7, 11) is 0. The normalized spacial score (nSPS) is 22.2. The second-order valence-corrected chi connectivity index (χ2v) is 12.3. The number of aliphatic hydroxyl groups excluding tert-OH is 1. The highest BCUT2D eigenvalue weighted by Gasteiger charge is 2.50. The van der Waals surface area contributed by atoms with Gasteiger partial charge in [0, 0.05) is 42.1 Å². The summed E-state index contributed by atoms with van der Waals surface area (Å²) in [6.45, 7) is 1.92. The van der Waals surface area contributed by atoms with Gasteiger partial charge in [0.05, 0.1) is 17.5 Å². The van der Waals surface area contributed by atoms with Gasteiger partial charge < -0.3 is 10.4 Å². The first-order valence-electron chi connectivity index (χ1n) is 14.1. The number of aliphatic hydroxyl groups is 1. The molecule has 2 aromatic carbocycles. The summed E-state index contributed by atoms with van der Waals surface area (Å²) in [6.07, 6.45) is 4.49. The van der Waals surface area contributed by atoms with Crippen molar-refractivity contribution in [1.29, 1.82) is 0 Å². The molecule has 3 aliphatic rings. The van der Waals surface area contributed by atoms with E-state index in [0.717, 1.165) is 66.8 Å². The molecular weight excluding hydrogens is 522 g/mol. The number of anilines is 2. The Balaban J connectivity index is 1.23. The van der Waals surface area contributed by atoms with Gasteiger partial charge in [-0.25, -0.2) is 9.47 Å². The molecule has 204 valence electrons. The number of aromatic nitrogens is 2. The van der Waals surface area contributed by atoms with Crippen LogP contribution in [0.5, 0.6) is 0 Å². The first-order valence-corrected chi connectivity index (χ1v) is 14.9. The van der Waals surface area contributed by atoms with Crippen LogP contribution in [0.3, 0.4) is 0 Å². The fraction of sp³-hybridized carbons (Fsp3) is 0.355. The molecule has 0 spiro atoms. The number of fused-ring (bicyclic) bond motifs is 1. The highest BCUT2D eigenvalue weighted by Crippen LogP contribution is 2.48. The van der Waals surface area contributed by atoms with Crippen molar-refractivity contribution >= 4 is 55.7 Å². The molecule has 40 heavy (non-hydrogen) atoms. The van der Waals surface area contributed by atoms with Gasteiger partial charge in [0.15, 0.2) is 5.00 Å². The fourth-order valence-electron chi connectivity index (χ4n) is 5.95. The number of nitrogens with one attached hydrogen (secondary N) is 1. The minimum atomic E-state index is -0.208. The fourth-order valence-corrected chi connectivity index (χ4v) is 7.23. The lowest BCUT2D eigenvalue weighted by Gasteiger charge is -2.26. The van der Waals surface area contributed by atoms with Gasteiger partial charge in [-0.3, -0.25) is 14.5 Å². The van der Waals surface area contributed by atoms with E-state index in [1.165, 1.54) is 15.5 Å². The number of carbonyl (C=O) groups is 2. The van der Waals surface area contributed by atoms with Gasteiger partial charge in [-0.05, 0) is 48.8 Å². The smallest absolute Gasteiger partial charge is 0.238 e. The molecule has 2 aliphatic heterocycles. The van der Waals surface area contributed by atoms with Crippen molar-refractivity contribution in [3.05, 3.63) is 71.9 Å². The van der Waals surface area contributed by atoms with Gasteiger partial charge >= 0.3 is 0 Å². The third-order valence-corrected chi connectivity index (χ3v) is 9.61. The van der Waals surface area contributed by atoms with Crippen LogP contribution in [0.1, 0.15) is 49.8 Å². The van der Waals surface area contributed by atoms with E-state index in [1.54, 1.807) is 11.3 Å². The lowest BCUT2D eigenvalue weighted by Crippen LogP contribution is -2.29. The molecule has 4 aromatic rings. The molecule has 3 fully saturated rings. The van der Waals surface area contributed by atoms with Crippen molar-refractivity contribution in [2.75, 3.05) is 23.3 Å². The summed E-state index contributed by atoms with van der Waals surface area (Å²) in [5.41, 5.74) is 2.84. The SMILES string of the molecule is O=C1CCC(=O)N1c1ccc2cc([N+]3(c4cc(Cc5ccccc5)nc(NC5CCC(O)CC5)n4)CC3)sc2c1. The van der Waals surface area contributed by atoms with Crippen LogP contribution in [0.25, 0.3) is 10.1 Å². The molecule has 7 rings (SSSR count). The number of benzene rings is 2. The zero-order valence-corrected chi connectivity index (χ0v) is 23.1. The van der Waals surface area contributed by atoms with E-state index in [4.69, 9.17) is 9.97 Å². The van der Waals surface area contributed by atoms with Crippen LogP contribution in [0.2, 0.25) is 0 Å². The molecule has 0 atom stereocenters. The van der Waals surface area contributed by atoms with E-state index >= 15 is 0 Å². The summed E-state index contributed by atoms with van der Waals surface area (Å²) in [5, 5.41) is 15.8. The Labute approximate surface area is 236 Å². The monoisotopic (exact) mass is 554 g/mol. The number of quaternary nitrogens is 1. The van der Waals surface area contributed by atoms with Gasteiger partial charge in [-0.2, -0.15) is 4.98 Å². The van der Waals surface area contributed by atoms with Crippen molar-refractivity contribution in [2.45, 2.75) is 57.1 Å². The number of amides is 2. The molecule has 2 amide bonds. The van der Waals surface area contributed by atoms with Crippen molar-refractivity contribution < 1.29 is 14.7 Å². The Kier molecular flexibility index (Phi) is 6.37. The Bertz CT molecular complexity index is 1580. The second kappa shape index (κ2) is 10.1. The molecule has 0 unspecified atom stereocenters. The number of hydrogen-bond donors (Lipinski definition) is 2. The number of rotatable bonds is 7. The summed E-state index contributed by atoms with van der Waals surface area (Å²) < 4.78 is 1.72. The number of nitrogens with zero attached hydrogens (tertiary/aromatic N) is 4. The maximum Gasteiger partial charge on any atom is 0.238 e. The van der Waals surface area contributed by atoms with Crippen molar-refractivity contribution in [3.8, 4) is 0 Å². The minimum Gasteiger partial charge on any atom is -0.393 e. The zero-order chi connectivity index (χ0) is 27.3. The molecule has 1 saturated carbocycles. The van der Waals surface area contributed by atoms with E-state index in [9.17, 15) is 14.7 Å². The third kappa shape index (κ3) is 4.78. The van der Waals surface area contributed by atoms with Crippen LogP contribution in [0, 0.1) is 0 Å². The van der Waals surface area contributed by atoms with Crippen LogP contribution in [0.4, 0.5) is 22.5 Å². The first kappa shape index (κ1) is 25.3. The van der Waals surface area contributed by atoms with E-state index in [0.29, 0.717) is 16.1 Å². The number of carbonyl (C=O) groups excluding carboxylic acids is 2. The molecule has 4 heterocycles. The molecule has 1 aliphatic carbocycles. The predicted molar refractivity (Wildman–Crippen MR) is 158 cm³/mol. The molecule has 9 heteroatoms. The standard InChI is InChI=1S/C31H32N5O3S/c37-25-10-7-22(8-11-25)32-31-33-23(16-20-4-2-1-3-5-20)18-27(34-31)36(14-15-36)30-17-21-6-9-24(19-26(21)40-30)35-28(38)12-13-29(35)39/h1-6,9,17-19,22,25,37H,7-8,10-16H2,(H,32,33,34)/q+1. The van der Waals surface area contributed by atoms with Crippen LogP contribution < -0.4 is 14.7 Å². The van der Waals surface area contributed by atoms with Crippen molar-refractivity contribution in [1.82, 2.24) is 14.5 Å². The molecule has 8 nitrogen and oxygen atoms in total. The van der Waals surface area contributed by atoms with Gasteiger partial charge in [-0.1, -0.05) is 47.7 Å². The molecule has 0 bridgehead atoms. The van der Waals surface area contributed by atoms with E-state index in [1.807, 2.05) is 24.3 Å².